The topological polar surface area (TPSA) is 69.7 Å². The fraction of sp³-hybridized carbons (Fsp3) is 0.316. The van der Waals surface area contributed by atoms with Gasteiger partial charge in [0.1, 0.15) is 5.82 Å². The molecule has 0 aromatic heterocycles. The molecule has 2 aromatic rings. The highest BCUT2D eigenvalue weighted by Gasteiger charge is 2.23. The standard InChI is InChI=1S/C19H21ClFN3O3S/c1-28(26,27)24-10-8-23(9-11-24)13-14-2-4-15(5-3-14)19(25)22-16-6-7-18(21)17(20)12-16/h2-7,12H,8-11,13H2,1H3,(H,22,25). The number of halogens is 2. The summed E-state index contributed by atoms with van der Waals surface area (Å²) >= 11 is 5.72. The molecule has 150 valence electrons. The number of nitrogens with one attached hydrogen (secondary N) is 1. The van der Waals surface area contributed by atoms with Gasteiger partial charge in [-0.05, 0) is 35.9 Å². The van der Waals surface area contributed by atoms with Crippen LogP contribution in [0.2, 0.25) is 5.02 Å². The number of amides is 1. The molecule has 0 spiro atoms. The number of carbonyl (C=O) groups excluding carboxylic acids is 1. The zero-order chi connectivity index (χ0) is 20.3. The van der Waals surface area contributed by atoms with Crippen molar-refractivity contribution < 1.29 is 17.6 Å². The number of sulfonamides is 1. The van der Waals surface area contributed by atoms with Gasteiger partial charge in [-0.2, -0.15) is 4.31 Å². The Bertz CT molecular complexity index is 959. The third-order valence-electron chi connectivity index (χ3n) is 4.60. The molecule has 9 heteroatoms. The molecule has 0 bridgehead atoms. The van der Waals surface area contributed by atoms with Crippen LogP contribution < -0.4 is 5.32 Å². The fourth-order valence-electron chi connectivity index (χ4n) is 3.02. The molecule has 0 aliphatic carbocycles. The Morgan fingerprint density at radius 1 is 1.11 bits per heavy atom. The summed E-state index contributed by atoms with van der Waals surface area (Å²) in [5.41, 5.74) is 1.93. The Hall–Kier alpha value is -2.00. The molecule has 1 amide bonds. The van der Waals surface area contributed by atoms with E-state index in [0.29, 0.717) is 44.0 Å². The number of carbonyl (C=O) groups is 1. The number of benzene rings is 2. The number of anilines is 1. The number of hydrogen-bond acceptors (Lipinski definition) is 4. The van der Waals surface area contributed by atoms with Gasteiger partial charge < -0.3 is 5.32 Å². The lowest BCUT2D eigenvalue weighted by atomic mass is 10.1. The number of nitrogens with zero attached hydrogens (tertiary/aromatic N) is 2. The van der Waals surface area contributed by atoms with Crippen molar-refractivity contribution in [3.63, 3.8) is 0 Å². The molecule has 3 rings (SSSR count). The van der Waals surface area contributed by atoms with E-state index in [0.717, 1.165) is 5.56 Å². The van der Waals surface area contributed by atoms with E-state index in [1.807, 2.05) is 12.1 Å². The third kappa shape index (κ3) is 5.29. The highest BCUT2D eigenvalue weighted by Crippen LogP contribution is 2.20. The van der Waals surface area contributed by atoms with Crippen molar-refractivity contribution in [2.24, 2.45) is 0 Å². The largest absolute Gasteiger partial charge is 0.322 e. The van der Waals surface area contributed by atoms with Crippen LogP contribution in [0.4, 0.5) is 10.1 Å². The molecule has 6 nitrogen and oxygen atoms in total. The van der Waals surface area contributed by atoms with Crippen molar-refractivity contribution in [3.05, 3.63) is 64.4 Å². The van der Waals surface area contributed by atoms with E-state index in [9.17, 15) is 17.6 Å². The first kappa shape index (κ1) is 20.7. The molecule has 0 unspecified atom stereocenters. The first-order valence-electron chi connectivity index (χ1n) is 8.75. The average molecular weight is 426 g/mol. The minimum Gasteiger partial charge on any atom is -0.322 e. The Morgan fingerprint density at radius 3 is 2.32 bits per heavy atom. The molecule has 1 aliphatic heterocycles. The van der Waals surface area contributed by atoms with E-state index in [1.165, 1.54) is 28.8 Å². The van der Waals surface area contributed by atoms with Crippen molar-refractivity contribution in [2.75, 3.05) is 37.8 Å². The molecule has 1 fully saturated rings. The fourth-order valence-corrected chi connectivity index (χ4v) is 4.02. The maximum atomic E-state index is 13.2. The van der Waals surface area contributed by atoms with Gasteiger partial charge in [-0.25, -0.2) is 12.8 Å². The summed E-state index contributed by atoms with van der Waals surface area (Å²) in [5.74, 6) is -0.850. The van der Waals surface area contributed by atoms with Crippen molar-refractivity contribution in [1.29, 1.82) is 0 Å². The molecule has 1 heterocycles. The van der Waals surface area contributed by atoms with Gasteiger partial charge in [-0.15, -0.1) is 0 Å². The van der Waals surface area contributed by atoms with Gasteiger partial charge in [-0.3, -0.25) is 9.69 Å². The van der Waals surface area contributed by atoms with Crippen LogP contribution in [0.5, 0.6) is 0 Å². The zero-order valence-corrected chi connectivity index (χ0v) is 16.9. The molecule has 0 atom stereocenters. The van der Waals surface area contributed by atoms with Gasteiger partial charge in [0.15, 0.2) is 0 Å². The molecular weight excluding hydrogens is 405 g/mol. The van der Waals surface area contributed by atoms with Crippen LogP contribution in [0.15, 0.2) is 42.5 Å². The predicted octanol–water partition coefficient (Wildman–Crippen LogP) is 2.81. The summed E-state index contributed by atoms with van der Waals surface area (Å²) in [4.78, 5) is 14.5. The Morgan fingerprint density at radius 2 is 1.75 bits per heavy atom. The van der Waals surface area contributed by atoms with Crippen LogP contribution in [0.1, 0.15) is 15.9 Å². The van der Waals surface area contributed by atoms with E-state index in [2.05, 4.69) is 10.2 Å². The number of rotatable bonds is 5. The van der Waals surface area contributed by atoms with Gasteiger partial charge in [0.05, 0.1) is 11.3 Å². The summed E-state index contributed by atoms with van der Waals surface area (Å²) in [6.07, 6.45) is 1.23. The van der Waals surface area contributed by atoms with Gasteiger partial charge in [0.25, 0.3) is 5.91 Å². The minimum atomic E-state index is -3.14. The second kappa shape index (κ2) is 8.57. The average Bonchev–Trinajstić information content (AvgIpc) is 2.65. The highest BCUT2D eigenvalue weighted by molar-refractivity contribution is 7.88. The SMILES string of the molecule is CS(=O)(=O)N1CCN(Cc2ccc(C(=O)Nc3ccc(F)c(Cl)c3)cc2)CC1. The summed E-state index contributed by atoms with van der Waals surface area (Å²) in [6.45, 7) is 2.99. The summed E-state index contributed by atoms with van der Waals surface area (Å²) in [7, 11) is -3.14. The Balaban J connectivity index is 1.56. The smallest absolute Gasteiger partial charge is 0.255 e. The molecule has 2 aromatic carbocycles. The Labute approximate surface area is 168 Å². The summed E-state index contributed by atoms with van der Waals surface area (Å²) < 4.78 is 37.8. The van der Waals surface area contributed by atoms with Gasteiger partial charge >= 0.3 is 0 Å². The molecular formula is C19H21ClFN3O3S. The van der Waals surface area contributed by atoms with E-state index in [-0.39, 0.29) is 10.9 Å². The van der Waals surface area contributed by atoms with E-state index >= 15 is 0 Å². The van der Waals surface area contributed by atoms with Crippen molar-refractivity contribution in [1.82, 2.24) is 9.21 Å². The molecule has 28 heavy (non-hydrogen) atoms. The molecule has 0 saturated carbocycles. The van der Waals surface area contributed by atoms with Gasteiger partial charge in [0.2, 0.25) is 10.0 Å². The maximum Gasteiger partial charge on any atom is 0.255 e. The normalized spacial score (nSPS) is 16.1. The van der Waals surface area contributed by atoms with E-state index < -0.39 is 15.8 Å². The van der Waals surface area contributed by atoms with E-state index in [4.69, 9.17) is 11.6 Å². The van der Waals surface area contributed by atoms with Gasteiger partial charge in [0, 0.05) is 44.0 Å². The van der Waals surface area contributed by atoms with Crippen LogP contribution >= 0.6 is 11.6 Å². The summed E-state index contributed by atoms with van der Waals surface area (Å²) in [6, 6.07) is 11.2. The number of hydrogen-bond donors (Lipinski definition) is 1. The second-order valence-electron chi connectivity index (χ2n) is 6.72. The third-order valence-corrected chi connectivity index (χ3v) is 6.19. The lowest BCUT2D eigenvalue weighted by molar-refractivity contribution is 0.102. The van der Waals surface area contributed by atoms with Crippen LogP contribution in [0.25, 0.3) is 0 Å². The highest BCUT2D eigenvalue weighted by atomic mass is 35.5. The maximum absolute atomic E-state index is 13.2. The monoisotopic (exact) mass is 425 g/mol. The van der Waals surface area contributed by atoms with Crippen molar-refractivity contribution in [3.8, 4) is 0 Å². The van der Waals surface area contributed by atoms with Crippen LogP contribution in [0, 0.1) is 5.82 Å². The van der Waals surface area contributed by atoms with Gasteiger partial charge in [-0.1, -0.05) is 23.7 Å². The minimum absolute atomic E-state index is 0.0517. The second-order valence-corrected chi connectivity index (χ2v) is 9.11. The van der Waals surface area contributed by atoms with Crippen LogP contribution in [-0.4, -0.2) is 56.0 Å². The molecule has 1 aliphatic rings. The first-order valence-corrected chi connectivity index (χ1v) is 11.0. The lowest BCUT2D eigenvalue weighted by Gasteiger charge is -2.33. The molecule has 0 radical (unpaired) electrons. The molecule has 1 saturated heterocycles. The first-order chi connectivity index (χ1) is 13.2. The van der Waals surface area contributed by atoms with Crippen LogP contribution in [-0.2, 0) is 16.6 Å². The Kier molecular flexibility index (Phi) is 6.34. The van der Waals surface area contributed by atoms with Crippen molar-refractivity contribution >= 4 is 33.2 Å². The quantitative estimate of drug-likeness (QED) is 0.799. The lowest BCUT2D eigenvalue weighted by Crippen LogP contribution is -2.47. The van der Waals surface area contributed by atoms with E-state index in [1.54, 1.807) is 12.1 Å². The van der Waals surface area contributed by atoms with Crippen molar-refractivity contribution in [2.45, 2.75) is 6.54 Å². The predicted molar refractivity (Wildman–Crippen MR) is 107 cm³/mol. The number of piperazine rings is 1. The zero-order valence-electron chi connectivity index (χ0n) is 15.4. The summed E-state index contributed by atoms with van der Waals surface area (Å²) in [5, 5.41) is 2.63. The molecule has 1 N–H and O–H groups in total. The van der Waals surface area contributed by atoms with Crippen LogP contribution in [0.3, 0.4) is 0 Å².